The lowest BCUT2D eigenvalue weighted by Crippen LogP contribution is -2.49. The number of likely N-dealkylation sites (tertiary alicyclic amines) is 1. The first-order valence-corrected chi connectivity index (χ1v) is 9.96. The fraction of sp³-hybridized carbons (Fsp3) is 0.632. The van der Waals surface area contributed by atoms with Gasteiger partial charge in [-0.15, -0.1) is 24.0 Å². The minimum absolute atomic E-state index is 0. The number of hydrogen-bond acceptors (Lipinski definition) is 2. The van der Waals surface area contributed by atoms with Crippen LogP contribution in [0, 0.1) is 0 Å². The molecule has 2 atom stereocenters. The molecule has 4 nitrogen and oxygen atoms in total. The van der Waals surface area contributed by atoms with Crippen LogP contribution in [0.3, 0.4) is 0 Å². The van der Waals surface area contributed by atoms with Gasteiger partial charge in [0.15, 0.2) is 5.96 Å². The van der Waals surface area contributed by atoms with Crippen LogP contribution < -0.4 is 10.6 Å². The smallest absolute Gasteiger partial charge is 0.191 e. The standard InChI is InChI=1S/C19H29BrN4.HI/c1-3-10-24-11-8-16(9-12-24)22-19(21-2)23-18-13-17(18)14-4-6-15(20)7-5-14;/h4-7,16-18H,3,8-13H2,1-2H3,(H2,21,22,23);1H. The van der Waals surface area contributed by atoms with Gasteiger partial charge in [0, 0.05) is 42.6 Å². The average molecular weight is 521 g/mol. The first-order valence-electron chi connectivity index (χ1n) is 9.17. The summed E-state index contributed by atoms with van der Waals surface area (Å²) in [4.78, 5) is 7.00. The number of nitrogens with one attached hydrogen (secondary N) is 2. The molecule has 1 aliphatic carbocycles. The van der Waals surface area contributed by atoms with Crippen LogP contribution in [-0.2, 0) is 0 Å². The molecule has 1 saturated carbocycles. The molecule has 1 aliphatic heterocycles. The van der Waals surface area contributed by atoms with Crippen molar-refractivity contribution in [3.05, 3.63) is 34.3 Å². The third kappa shape index (κ3) is 6.10. The maximum absolute atomic E-state index is 4.43. The predicted octanol–water partition coefficient (Wildman–Crippen LogP) is 3.96. The fourth-order valence-electron chi connectivity index (χ4n) is 3.59. The highest BCUT2D eigenvalue weighted by atomic mass is 127. The van der Waals surface area contributed by atoms with E-state index >= 15 is 0 Å². The van der Waals surface area contributed by atoms with E-state index in [0.717, 1.165) is 10.4 Å². The van der Waals surface area contributed by atoms with E-state index in [9.17, 15) is 0 Å². The van der Waals surface area contributed by atoms with Crippen LogP contribution in [0.1, 0.15) is 44.1 Å². The van der Waals surface area contributed by atoms with Gasteiger partial charge in [0.25, 0.3) is 0 Å². The number of hydrogen-bond donors (Lipinski definition) is 2. The summed E-state index contributed by atoms with van der Waals surface area (Å²) in [5.41, 5.74) is 1.42. The summed E-state index contributed by atoms with van der Waals surface area (Å²) in [6, 6.07) is 9.75. The lowest BCUT2D eigenvalue weighted by atomic mass is 10.1. The monoisotopic (exact) mass is 520 g/mol. The van der Waals surface area contributed by atoms with Crippen molar-refractivity contribution in [3.63, 3.8) is 0 Å². The molecule has 0 radical (unpaired) electrons. The van der Waals surface area contributed by atoms with Crippen molar-refractivity contribution in [2.75, 3.05) is 26.7 Å². The lowest BCUT2D eigenvalue weighted by molar-refractivity contribution is 0.206. The molecule has 1 aromatic rings. The second-order valence-electron chi connectivity index (χ2n) is 6.98. The average Bonchev–Trinajstić information content (AvgIpc) is 3.36. The zero-order valence-corrected chi connectivity index (χ0v) is 19.1. The Labute approximate surface area is 177 Å². The Balaban J connectivity index is 0.00000225. The number of piperidine rings is 1. The molecular formula is C19H30BrIN4. The molecule has 0 bridgehead atoms. The van der Waals surface area contributed by atoms with Crippen molar-refractivity contribution in [2.45, 2.75) is 50.6 Å². The van der Waals surface area contributed by atoms with E-state index in [0.29, 0.717) is 18.0 Å². The molecule has 25 heavy (non-hydrogen) atoms. The van der Waals surface area contributed by atoms with Crippen LogP contribution in [0.15, 0.2) is 33.7 Å². The Morgan fingerprint density at radius 2 is 1.88 bits per heavy atom. The van der Waals surface area contributed by atoms with E-state index < -0.39 is 0 Å². The van der Waals surface area contributed by atoms with E-state index in [-0.39, 0.29) is 24.0 Å². The van der Waals surface area contributed by atoms with Gasteiger partial charge >= 0.3 is 0 Å². The highest BCUT2D eigenvalue weighted by Gasteiger charge is 2.39. The first-order chi connectivity index (χ1) is 11.7. The summed E-state index contributed by atoms with van der Waals surface area (Å²) < 4.78 is 1.14. The molecule has 0 amide bonds. The van der Waals surface area contributed by atoms with Gasteiger partial charge < -0.3 is 15.5 Å². The maximum Gasteiger partial charge on any atom is 0.191 e. The summed E-state index contributed by atoms with van der Waals surface area (Å²) in [6.45, 7) is 5.89. The second kappa shape index (κ2) is 10.1. The number of nitrogens with zero attached hydrogens (tertiary/aromatic N) is 2. The van der Waals surface area contributed by atoms with E-state index in [1.54, 1.807) is 0 Å². The van der Waals surface area contributed by atoms with Gasteiger partial charge in [-0.2, -0.15) is 0 Å². The molecule has 2 aliphatic rings. The zero-order valence-electron chi connectivity index (χ0n) is 15.2. The van der Waals surface area contributed by atoms with Crippen LogP contribution in [0.5, 0.6) is 0 Å². The third-order valence-corrected chi connectivity index (χ3v) is 5.63. The van der Waals surface area contributed by atoms with Crippen LogP contribution in [0.4, 0.5) is 0 Å². The van der Waals surface area contributed by atoms with Gasteiger partial charge in [-0.3, -0.25) is 4.99 Å². The van der Waals surface area contributed by atoms with Gasteiger partial charge in [0.1, 0.15) is 0 Å². The summed E-state index contributed by atoms with van der Waals surface area (Å²) in [5, 5.41) is 7.23. The maximum atomic E-state index is 4.43. The van der Waals surface area contributed by atoms with E-state index in [1.165, 1.54) is 50.9 Å². The van der Waals surface area contributed by atoms with Crippen LogP contribution in [-0.4, -0.2) is 49.6 Å². The molecule has 3 rings (SSSR count). The molecule has 6 heteroatoms. The third-order valence-electron chi connectivity index (χ3n) is 5.10. The SMILES string of the molecule is CCCN1CCC(NC(=NC)NC2CC2c2ccc(Br)cc2)CC1.I. The van der Waals surface area contributed by atoms with E-state index in [2.05, 4.69) is 67.6 Å². The summed E-state index contributed by atoms with van der Waals surface area (Å²) in [6.07, 6.45) is 4.86. The van der Waals surface area contributed by atoms with Crippen molar-refractivity contribution in [3.8, 4) is 0 Å². The highest BCUT2D eigenvalue weighted by Crippen LogP contribution is 2.41. The summed E-state index contributed by atoms with van der Waals surface area (Å²) in [7, 11) is 1.87. The molecule has 1 heterocycles. The van der Waals surface area contributed by atoms with Crippen LogP contribution >= 0.6 is 39.9 Å². The molecule has 140 valence electrons. The Bertz CT molecular complexity index is 555. The molecule has 1 saturated heterocycles. The van der Waals surface area contributed by atoms with Crippen molar-refractivity contribution in [1.82, 2.24) is 15.5 Å². The fourth-order valence-corrected chi connectivity index (χ4v) is 3.85. The van der Waals surface area contributed by atoms with Gasteiger partial charge in [0.05, 0.1) is 0 Å². The Morgan fingerprint density at radius 1 is 1.20 bits per heavy atom. The molecule has 2 fully saturated rings. The molecule has 2 unspecified atom stereocenters. The van der Waals surface area contributed by atoms with Gasteiger partial charge in [-0.25, -0.2) is 0 Å². The first kappa shape index (κ1) is 21.0. The van der Waals surface area contributed by atoms with Crippen LogP contribution in [0.25, 0.3) is 0 Å². The van der Waals surface area contributed by atoms with E-state index in [4.69, 9.17) is 0 Å². The minimum atomic E-state index is 0. The Kier molecular flexibility index (Phi) is 8.48. The van der Waals surface area contributed by atoms with Gasteiger partial charge in [-0.1, -0.05) is 35.0 Å². The number of halogens is 2. The molecular weight excluding hydrogens is 491 g/mol. The molecule has 0 aromatic heterocycles. The van der Waals surface area contributed by atoms with Crippen molar-refractivity contribution < 1.29 is 0 Å². The van der Waals surface area contributed by atoms with E-state index in [1.807, 2.05) is 7.05 Å². The number of aliphatic imine (C=N–C) groups is 1. The van der Waals surface area contributed by atoms with Gasteiger partial charge in [0.2, 0.25) is 0 Å². The predicted molar refractivity (Wildman–Crippen MR) is 120 cm³/mol. The van der Waals surface area contributed by atoms with Crippen molar-refractivity contribution in [2.24, 2.45) is 4.99 Å². The molecule has 1 aromatic carbocycles. The van der Waals surface area contributed by atoms with Crippen molar-refractivity contribution in [1.29, 1.82) is 0 Å². The van der Waals surface area contributed by atoms with Crippen LogP contribution in [0.2, 0.25) is 0 Å². The normalized spacial score (nSPS) is 24.5. The second-order valence-corrected chi connectivity index (χ2v) is 7.89. The molecule has 2 N–H and O–H groups in total. The highest BCUT2D eigenvalue weighted by molar-refractivity contribution is 14.0. The largest absolute Gasteiger partial charge is 0.354 e. The zero-order chi connectivity index (χ0) is 16.9. The quantitative estimate of drug-likeness (QED) is 0.350. The van der Waals surface area contributed by atoms with Gasteiger partial charge in [-0.05, 0) is 49.9 Å². The Hall–Kier alpha value is -0.340. The summed E-state index contributed by atoms with van der Waals surface area (Å²) in [5.74, 6) is 1.58. The topological polar surface area (TPSA) is 39.7 Å². The summed E-state index contributed by atoms with van der Waals surface area (Å²) >= 11 is 3.50. The van der Waals surface area contributed by atoms with Crippen molar-refractivity contribution >= 4 is 45.9 Å². The number of rotatable bonds is 5. The minimum Gasteiger partial charge on any atom is -0.354 e. The number of guanidine groups is 1. The number of benzene rings is 1. The molecule has 0 spiro atoms. The lowest BCUT2D eigenvalue weighted by Gasteiger charge is -2.32. The Morgan fingerprint density at radius 3 is 2.48 bits per heavy atom.